The lowest BCUT2D eigenvalue weighted by molar-refractivity contribution is 0.101. The van der Waals surface area contributed by atoms with Crippen molar-refractivity contribution >= 4 is 12.0 Å². The molecule has 1 aromatic heterocycles. The van der Waals surface area contributed by atoms with Gasteiger partial charge in [0.2, 0.25) is 0 Å². The Hall–Kier alpha value is -2.29. The van der Waals surface area contributed by atoms with Gasteiger partial charge in [0.15, 0.2) is 5.78 Å². The van der Waals surface area contributed by atoms with Crippen molar-refractivity contribution in [3.8, 4) is 0 Å². The summed E-state index contributed by atoms with van der Waals surface area (Å²) in [5, 5.41) is 0. The molecule has 2 rings (SSSR count). The Labute approximate surface area is 113 Å². The fraction of sp³-hybridized carbons (Fsp3) is 0.188. The zero-order chi connectivity index (χ0) is 13.5. The molecule has 0 aliphatic carbocycles. The highest BCUT2D eigenvalue weighted by Crippen LogP contribution is 2.02. The van der Waals surface area contributed by atoms with E-state index in [0.29, 0.717) is 18.7 Å². The van der Waals surface area contributed by atoms with Crippen LogP contribution in [0.15, 0.2) is 53.5 Å². The van der Waals surface area contributed by atoms with Crippen molar-refractivity contribution in [1.82, 2.24) is 4.98 Å². The zero-order valence-corrected chi connectivity index (χ0v) is 10.9. The highest BCUT2D eigenvalue weighted by molar-refractivity contribution is 5.92. The van der Waals surface area contributed by atoms with Crippen LogP contribution in [0.4, 0.5) is 0 Å². The van der Waals surface area contributed by atoms with E-state index in [2.05, 4.69) is 9.98 Å². The van der Waals surface area contributed by atoms with Crippen LogP contribution in [0.3, 0.4) is 0 Å². The van der Waals surface area contributed by atoms with Gasteiger partial charge < -0.3 is 0 Å². The van der Waals surface area contributed by atoms with Gasteiger partial charge in [-0.05, 0) is 17.7 Å². The standard InChI is InChI=1S/C16H16N2O/c1-13(19)16-9-5-8-15(18-16)10-11-17-12-14-6-3-2-4-7-14/h2-9,11H,10,12H2,1H3. The monoisotopic (exact) mass is 252 g/mol. The minimum atomic E-state index is -0.0110. The van der Waals surface area contributed by atoms with Crippen molar-refractivity contribution in [2.45, 2.75) is 19.9 Å². The third kappa shape index (κ3) is 4.14. The maximum atomic E-state index is 11.2. The average molecular weight is 252 g/mol. The molecule has 0 aliphatic heterocycles. The summed E-state index contributed by atoms with van der Waals surface area (Å²) >= 11 is 0. The van der Waals surface area contributed by atoms with Crippen LogP contribution in [0.25, 0.3) is 0 Å². The quantitative estimate of drug-likeness (QED) is 0.606. The normalized spacial score (nSPS) is 10.8. The number of nitrogens with zero attached hydrogens (tertiary/aromatic N) is 2. The molecule has 3 nitrogen and oxygen atoms in total. The van der Waals surface area contributed by atoms with Crippen LogP contribution >= 0.6 is 0 Å². The molecule has 96 valence electrons. The molecule has 0 N–H and O–H groups in total. The fourth-order valence-electron chi connectivity index (χ4n) is 1.70. The molecule has 3 heteroatoms. The van der Waals surface area contributed by atoms with Crippen LogP contribution in [-0.2, 0) is 13.0 Å². The van der Waals surface area contributed by atoms with E-state index in [1.165, 1.54) is 12.5 Å². The lowest BCUT2D eigenvalue weighted by Crippen LogP contribution is -2.00. The first kappa shape index (κ1) is 13.1. The lowest BCUT2D eigenvalue weighted by atomic mass is 10.2. The molecule has 0 bridgehead atoms. The zero-order valence-electron chi connectivity index (χ0n) is 10.9. The number of ketones is 1. The molecule has 2 aromatic rings. The van der Waals surface area contributed by atoms with Crippen LogP contribution < -0.4 is 0 Å². The maximum Gasteiger partial charge on any atom is 0.178 e. The van der Waals surface area contributed by atoms with E-state index in [1.807, 2.05) is 48.7 Å². The predicted molar refractivity (Wildman–Crippen MR) is 76.6 cm³/mol. The molecule has 1 aromatic carbocycles. The Kier molecular flexibility index (Phi) is 4.56. The minimum absolute atomic E-state index is 0.0110. The summed E-state index contributed by atoms with van der Waals surface area (Å²) in [6.07, 6.45) is 2.49. The predicted octanol–water partition coefficient (Wildman–Crippen LogP) is 3.10. The van der Waals surface area contributed by atoms with Crippen molar-refractivity contribution in [3.05, 3.63) is 65.5 Å². The topological polar surface area (TPSA) is 42.3 Å². The molecule has 0 spiro atoms. The largest absolute Gasteiger partial charge is 0.293 e. The Morgan fingerprint density at radius 2 is 1.95 bits per heavy atom. The van der Waals surface area contributed by atoms with Gasteiger partial charge in [-0.15, -0.1) is 0 Å². The molecule has 0 fully saturated rings. The van der Waals surface area contributed by atoms with E-state index in [1.54, 1.807) is 6.07 Å². The number of aromatic nitrogens is 1. The second-order valence-corrected chi connectivity index (χ2v) is 4.28. The summed E-state index contributed by atoms with van der Waals surface area (Å²) < 4.78 is 0. The number of aliphatic imine (C=N–C) groups is 1. The summed E-state index contributed by atoms with van der Waals surface area (Å²) in [6.45, 7) is 2.20. The molecule has 0 radical (unpaired) electrons. The molecule has 0 aliphatic rings. The third-order valence-electron chi connectivity index (χ3n) is 2.71. The van der Waals surface area contributed by atoms with Crippen LogP contribution in [-0.4, -0.2) is 17.0 Å². The number of Topliss-reactive ketones (excluding diaryl/α,β-unsaturated/α-hetero) is 1. The first-order valence-electron chi connectivity index (χ1n) is 6.25. The Balaban J connectivity index is 1.92. The minimum Gasteiger partial charge on any atom is -0.293 e. The van der Waals surface area contributed by atoms with Gasteiger partial charge in [0.25, 0.3) is 0 Å². The molecule has 0 amide bonds. The molecule has 0 saturated heterocycles. The second kappa shape index (κ2) is 6.59. The summed E-state index contributed by atoms with van der Waals surface area (Å²) in [5.74, 6) is -0.0110. The number of hydrogen-bond donors (Lipinski definition) is 0. The van der Waals surface area contributed by atoms with E-state index < -0.39 is 0 Å². The van der Waals surface area contributed by atoms with Crippen molar-refractivity contribution < 1.29 is 4.79 Å². The molecule has 0 saturated carbocycles. The van der Waals surface area contributed by atoms with Gasteiger partial charge in [0.05, 0.1) is 6.54 Å². The van der Waals surface area contributed by atoms with Crippen molar-refractivity contribution in [2.24, 2.45) is 4.99 Å². The van der Waals surface area contributed by atoms with E-state index >= 15 is 0 Å². The van der Waals surface area contributed by atoms with E-state index in [0.717, 1.165) is 5.69 Å². The summed E-state index contributed by atoms with van der Waals surface area (Å²) in [6, 6.07) is 15.6. The number of hydrogen-bond acceptors (Lipinski definition) is 3. The number of benzene rings is 1. The van der Waals surface area contributed by atoms with Gasteiger partial charge in [0.1, 0.15) is 5.69 Å². The van der Waals surface area contributed by atoms with Crippen LogP contribution in [0, 0.1) is 0 Å². The summed E-state index contributed by atoms with van der Waals surface area (Å²) in [4.78, 5) is 19.9. The number of carbonyl (C=O) groups excluding carboxylic acids is 1. The first-order chi connectivity index (χ1) is 9.25. The molecular formula is C16H16N2O. The average Bonchev–Trinajstić information content (AvgIpc) is 2.45. The lowest BCUT2D eigenvalue weighted by Gasteiger charge is -1.99. The van der Waals surface area contributed by atoms with Crippen molar-refractivity contribution in [3.63, 3.8) is 0 Å². The molecular weight excluding hydrogens is 236 g/mol. The molecule has 0 atom stereocenters. The molecule has 1 heterocycles. The number of rotatable bonds is 5. The van der Waals surface area contributed by atoms with Gasteiger partial charge in [0, 0.05) is 25.3 Å². The van der Waals surface area contributed by atoms with Crippen LogP contribution in [0.5, 0.6) is 0 Å². The highest BCUT2D eigenvalue weighted by atomic mass is 16.1. The Bertz CT molecular complexity index is 576. The number of pyridine rings is 1. The van der Waals surface area contributed by atoms with Gasteiger partial charge in [-0.1, -0.05) is 36.4 Å². The van der Waals surface area contributed by atoms with E-state index in [9.17, 15) is 4.79 Å². The number of carbonyl (C=O) groups is 1. The van der Waals surface area contributed by atoms with Crippen LogP contribution in [0.2, 0.25) is 0 Å². The Morgan fingerprint density at radius 3 is 2.68 bits per heavy atom. The van der Waals surface area contributed by atoms with Gasteiger partial charge >= 0.3 is 0 Å². The Morgan fingerprint density at radius 1 is 1.16 bits per heavy atom. The molecule has 0 unspecified atom stereocenters. The van der Waals surface area contributed by atoms with Crippen molar-refractivity contribution in [1.29, 1.82) is 0 Å². The second-order valence-electron chi connectivity index (χ2n) is 4.28. The summed E-state index contributed by atoms with van der Waals surface area (Å²) in [5.41, 5.74) is 2.56. The highest BCUT2D eigenvalue weighted by Gasteiger charge is 2.00. The third-order valence-corrected chi connectivity index (χ3v) is 2.71. The fourth-order valence-corrected chi connectivity index (χ4v) is 1.70. The SMILES string of the molecule is CC(=O)c1cccc(CC=NCc2ccccc2)n1. The smallest absolute Gasteiger partial charge is 0.178 e. The van der Waals surface area contributed by atoms with Gasteiger partial charge in [-0.3, -0.25) is 9.79 Å². The first-order valence-corrected chi connectivity index (χ1v) is 6.25. The maximum absolute atomic E-state index is 11.2. The van der Waals surface area contributed by atoms with Crippen molar-refractivity contribution in [2.75, 3.05) is 0 Å². The summed E-state index contributed by atoms with van der Waals surface area (Å²) in [7, 11) is 0. The van der Waals surface area contributed by atoms with E-state index in [4.69, 9.17) is 0 Å². The van der Waals surface area contributed by atoms with Gasteiger partial charge in [-0.25, -0.2) is 4.98 Å². The van der Waals surface area contributed by atoms with Crippen LogP contribution in [0.1, 0.15) is 28.7 Å². The van der Waals surface area contributed by atoms with Gasteiger partial charge in [-0.2, -0.15) is 0 Å². The van der Waals surface area contributed by atoms with E-state index in [-0.39, 0.29) is 5.78 Å². The molecule has 19 heavy (non-hydrogen) atoms.